The maximum Gasteiger partial charge on any atom is 0.312 e. The molecule has 3 heterocycles. The Morgan fingerprint density at radius 3 is 2.76 bits per heavy atom. The number of nitrogens with zero attached hydrogens (tertiary/aromatic N) is 2. The predicted octanol–water partition coefficient (Wildman–Crippen LogP) is 2.44. The average Bonchev–Trinajstić information content (AvgIpc) is 3.39. The summed E-state index contributed by atoms with van der Waals surface area (Å²) in [5.74, 6) is -2.53. The number of aliphatic hydroxyl groups excluding tert-OH is 1. The number of likely N-dealkylation sites (tertiary alicyclic amines) is 1. The summed E-state index contributed by atoms with van der Waals surface area (Å²) in [4.78, 5) is 44.0. The summed E-state index contributed by atoms with van der Waals surface area (Å²) in [6, 6.07) is -0.911. The summed E-state index contributed by atoms with van der Waals surface area (Å²) in [6.07, 6.45) is 5.83. The van der Waals surface area contributed by atoms with Gasteiger partial charge in [0.1, 0.15) is 11.6 Å². The van der Waals surface area contributed by atoms with E-state index < -0.39 is 35.6 Å². The van der Waals surface area contributed by atoms with Crippen molar-refractivity contribution in [1.82, 2.24) is 9.80 Å². The van der Waals surface area contributed by atoms with Crippen LogP contribution in [0.15, 0.2) is 25.3 Å². The fourth-order valence-corrected chi connectivity index (χ4v) is 6.80. The van der Waals surface area contributed by atoms with E-state index in [0.717, 1.165) is 12.8 Å². The lowest BCUT2D eigenvalue weighted by atomic mass is 9.70. The van der Waals surface area contributed by atoms with Crippen molar-refractivity contribution >= 4 is 33.7 Å². The largest absolute Gasteiger partial charge is 0.465 e. The van der Waals surface area contributed by atoms with Crippen molar-refractivity contribution in [3.8, 4) is 0 Å². The Bertz CT molecular complexity index is 806. The molecule has 3 fully saturated rings. The number of carbonyl (C=O) groups excluding carboxylic acids is 3. The first-order chi connectivity index (χ1) is 16.3. The third kappa shape index (κ3) is 4.58. The number of fused-ring (bicyclic) bond motifs is 1. The van der Waals surface area contributed by atoms with E-state index in [2.05, 4.69) is 36.0 Å². The van der Waals surface area contributed by atoms with E-state index in [9.17, 15) is 19.5 Å². The molecule has 0 aliphatic carbocycles. The molecule has 0 aromatic rings. The van der Waals surface area contributed by atoms with Gasteiger partial charge in [-0.3, -0.25) is 14.4 Å². The van der Waals surface area contributed by atoms with Gasteiger partial charge in [-0.15, -0.1) is 13.2 Å². The molecule has 1 N–H and O–H groups in total. The molecule has 3 aliphatic rings. The molecular weight excluding hydrogens is 504 g/mol. The number of aliphatic hydroxyl groups is 1. The molecule has 190 valence electrons. The lowest BCUT2D eigenvalue weighted by Crippen LogP contribution is -2.58. The summed E-state index contributed by atoms with van der Waals surface area (Å²) in [7, 11) is 0. The van der Waals surface area contributed by atoms with Crippen molar-refractivity contribution in [3.63, 3.8) is 0 Å². The first-order valence-electron chi connectivity index (χ1n) is 12.2. The zero-order valence-corrected chi connectivity index (χ0v) is 21.7. The summed E-state index contributed by atoms with van der Waals surface area (Å²) >= 11 is 3.65. The molecule has 2 amide bonds. The van der Waals surface area contributed by atoms with Crippen LogP contribution in [0.3, 0.4) is 0 Å². The average molecular weight is 541 g/mol. The molecule has 0 aromatic carbocycles. The molecule has 0 saturated carbocycles. The minimum absolute atomic E-state index is 0.0428. The zero-order chi connectivity index (χ0) is 25.0. The highest BCUT2D eigenvalue weighted by atomic mass is 79.9. The number of hydrogen-bond donors (Lipinski definition) is 1. The van der Waals surface area contributed by atoms with Gasteiger partial charge >= 0.3 is 5.97 Å². The van der Waals surface area contributed by atoms with Gasteiger partial charge < -0.3 is 24.4 Å². The standard InChI is InChI=1S/C25H37BrN2O6/c1-5-8-14-33-24(32)18-19-22(30)28(12-9-13-29)21(25(19)15-17(26)20(18)34-25)23(31)27(11-7-3)16(4)10-6-2/h5,7,16-21,29H,1,3,6,8-15H2,2,4H3/t16?,17?,18-,19+,20-,21?,25?/m1/s1. The summed E-state index contributed by atoms with van der Waals surface area (Å²) in [5, 5.41) is 9.46. The molecule has 3 rings (SSSR count). The fraction of sp³-hybridized carbons (Fsp3) is 0.720. The Morgan fingerprint density at radius 2 is 2.15 bits per heavy atom. The topological polar surface area (TPSA) is 96.4 Å². The van der Waals surface area contributed by atoms with Crippen molar-refractivity contribution in [2.24, 2.45) is 11.8 Å². The van der Waals surface area contributed by atoms with Gasteiger partial charge in [-0.1, -0.05) is 41.4 Å². The highest BCUT2D eigenvalue weighted by Crippen LogP contribution is 2.60. The Hall–Kier alpha value is -1.71. The number of halogens is 1. The summed E-state index contributed by atoms with van der Waals surface area (Å²) in [5.41, 5.74) is -1.12. The SMILES string of the molecule is C=CCCOC(=O)[C@H]1[C@@H]2OC3(CC2Br)C(C(=O)N(CC=C)C(C)CCC)N(CCCO)C(=O)[C@H]13. The summed E-state index contributed by atoms with van der Waals surface area (Å²) < 4.78 is 11.9. The molecule has 9 heteroatoms. The van der Waals surface area contributed by atoms with Crippen LogP contribution in [-0.4, -0.2) is 87.6 Å². The highest BCUT2D eigenvalue weighted by Gasteiger charge is 2.77. The van der Waals surface area contributed by atoms with E-state index in [1.807, 2.05) is 6.92 Å². The van der Waals surface area contributed by atoms with E-state index in [0.29, 0.717) is 25.8 Å². The van der Waals surface area contributed by atoms with Gasteiger partial charge in [-0.05, 0) is 32.6 Å². The van der Waals surface area contributed by atoms with Crippen LogP contribution >= 0.6 is 15.9 Å². The number of hydrogen-bond acceptors (Lipinski definition) is 6. The van der Waals surface area contributed by atoms with E-state index in [4.69, 9.17) is 9.47 Å². The molecule has 3 aliphatic heterocycles. The Kier molecular flexibility index (Phi) is 8.98. The van der Waals surface area contributed by atoms with Crippen LogP contribution in [-0.2, 0) is 23.9 Å². The summed E-state index contributed by atoms with van der Waals surface area (Å²) in [6.45, 7) is 12.2. The van der Waals surface area contributed by atoms with Crippen LogP contribution in [0.5, 0.6) is 0 Å². The number of esters is 1. The Labute approximate surface area is 210 Å². The molecule has 34 heavy (non-hydrogen) atoms. The lowest BCUT2D eigenvalue weighted by molar-refractivity contribution is -0.155. The fourth-order valence-electron chi connectivity index (χ4n) is 5.86. The normalized spacial score (nSPS) is 32.4. The number of rotatable bonds is 13. The molecule has 0 radical (unpaired) electrons. The maximum absolute atomic E-state index is 14.1. The number of ether oxygens (including phenoxy) is 2. The molecule has 7 atom stereocenters. The van der Waals surface area contributed by atoms with E-state index in [-0.39, 0.29) is 42.4 Å². The highest BCUT2D eigenvalue weighted by molar-refractivity contribution is 9.09. The van der Waals surface area contributed by atoms with Crippen molar-refractivity contribution in [3.05, 3.63) is 25.3 Å². The van der Waals surface area contributed by atoms with Crippen LogP contribution in [0, 0.1) is 11.8 Å². The van der Waals surface area contributed by atoms with E-state index in [1.165, 1.54) is 4.90 Å². The van der Waals surface area contributed by atoms with Crippen molar-refractivity contribution in [2.75, 3.05) is 26.3 Å². The molecule has 4 unspecified atom stereocenters. The van der Waals surface area contributed by atoms with Gasteiger partial charge in [-0.25, -0.2) is 0 Å². The minimum Gasteiger partial charge on any atom is -0.465 e. The van der Waals surface area contributed by atoms with Crippen LogP contribution in [0.25, 0.3) is 0 Å². The molecule has 1 spiro atoms. The van der Waals surface area contributed by atoms with Crippen LogP contribution in [0.4, 0.5) is 0 Å². The van der Waals surface area contributed by atoms with Gasteiger partial charge in [0.2, 0.25) is 11.8 Å². The third-order valence-electron chi connectivity index (χ3n) is 7.27. The molecular formula is C25H37BrN2O6. The second-order valence-corrected chi connectivity index (χ2v) is 10.6. The smallest absolute Gasteiger partial charge is 0.312 e. The monoisotopic (exact) mass is 540 g/mol. The van der Waals surface area contributed by atoms with E-state index in [1.54, 1.807) is 17.1 Å². The van der Waals surface area contributed by atoms with Crippen molar-refractivity contribution < 1.29 is 29.0 Å². The quantitative estimate of drug-likeness (QED) is 0.167. The predicted molar refractivity (Wildman–Crippen MR) is 131 cm³/mol. The Morgan fingerprint density at radius 1 is 1.41 bits per heavy atom. The first-order valence-corrected chi connectivity index (χ1v) is 13.1. The van der Waals surface area contributed by atoms with Gasteiger partial charge in [0.05, 0.1) is 24.5 Å². The molecule has 0 aromatic heterocycles. The van der Waals surface area contributed by atoms with Crippen LogP contribution in [0.2, 0.25) is 0 Å². The van der Waals surface area contributed by atoms with Crippen molar-refractivity contribution in [1.29, 1.82) is 0 Å². The number of carbonyl (C=O) groups is 3. The second-order valence-electron chi connectivity index (χ2n) is 9.43. The van der Waals surface area contributed by atoms with Crippen molar-refractivity contribution in [2.45, 2.75) is 74.6 Å². The number of amides is 2. The van der Waals surface area contributed by atoms with Gasteiger partial charge in [0, 0.05) is 30.6 Å². The van der Waals surface area contributed by atoms with Crippen LogP contribution in [0.1, 0.15) is 46.0 Å². The first kappa shape index (κ1) is 26.9. The van der Waals surface area contributed by atoms with E-state index >= 15 is 0 Å². The molecule has 3 saturated heterocycles. The van der Waals surface area contributed by atoms with Gasteiger partial charge in [-0.2, -0.15) is 0 Å². The molecule has 2 bridgehead atoms. The second kappa shape index (κ2) is 11.4. The minimum atomic E-state index is -1.12. The van der Waals surface area contributed by atoms with Crippen LogP contribution < -0.4 is 0 Å². The van der Waals surface area contributed by atoms with Gasteiger partial charge in [0.15, 0.2) is 0 Å². The zero-order valence-electron chi connectivity index (χ0n) is 20.2. The molecule has 8 nitrogen and oxygen atoms in total. The Balaban J connectivity index is 2.00. The third-order valence-corrected chi connectivity index (χ3v) is 8.11. The van der Waals surface area contributed by atoms with Gasteiger partial charge in [0.25, 0.3) is 0 Å². The maximum atomic E-state index is 14.1. The number of alkyl halides is 1. The lowest BCUT2D eigenvalue weighted by Gasteiger charge is -2.39.